The Kier molecular flexibility index (Phi) is 4.57. The number of hydrogen-bond donors (Lipinski definition) is 1. The number of aliphatic carboxylic acids is 1. The van der Waals surface area contributed by atoms with E-state index in [1.807, 2.05) is 6.92 Å². The molecule has 7 nitrogen and oxygen atoms in total. The Morgan fingerprint density at radius 2 is 2.35 bits per heavy atom. The highest BCUT2D eigenvalue weighted by atomic mass is 32.2. The second-order valence-electron chi connectivity index (χ2n) is 3.93. The molecule has 0 aliphatic rings. The molecule has 0 spiro atoms. The zero-order chi connectivity index (χ0) is 14.5. The average molecular weight is 295 g/mol. The fourth-order valence-corrected chi connectivity index (χ4v) is 2.20. The van der Waals surface area contributed by atoms with Crippen LogP contribution in [0.1, 0.15) is 18.6 Å². The lowest BCUT2D eigenvalue weighted by Gasteiger charge is -2.08. The molecule has 2 aromatic heterocycles. The number of carboxylic acid groups (broad SMARTS) is 1. The zero-order valence-electron chi connectivity index (χ0n) is 10.8. The van der Waals surface area contributed by atoms with Crippen molar-refractivity contribution in [1.29, 1.82) is 0 Å². The number of rotatable bonds is 6. The molecule has 0 atom stereocenters. The molecule has 0 amide bonds. The largest absolute Gasteiger partial charge is 0.481 e. The Balaban J connectivity index is 2.21. The van der Waals surface area contributed by atoms with Crippen LogP contribution in [-0.4, -0.2) is 31.4 Å². The Hall–Kier alpha value is -2.09. The molecule has 2 aromatic rings. The molecule has 0 saturated heterocycles. The zero-order valence-corrected chi connectivity index (χ0v) is 11.6. The number of thioether (sulfide) groups is 1. The molecule has 0 unspecified atom stereocenters. The fourth-order valence-electron chi connectivity index (χ4n) is 1.51. The number of nitrogens with zero attached hydrogens (tertiary/aromatic N) is 3. The fraction of sp³-hybridized carbons (Fsp3) is 0.333. The smallest absolute Gasteiger partial charge is 0.313 e. The molecule has 0 saturated carbocycles. The van der Waals surface area contributed by atoms with Gasteiger partial charge in [0.25, 0.3) is 5.56 Å². The van der Waals surface area contributed by atoms with E-state index in [9.17, 15) is 9.59 Å². The van der Waals surface area contributed by atoms with Crippen LogP contribution in [0.2, 0.25) is 0 Å². The van der Waals surface area contributed by atoms with Crippen LogP contribution in [0.25, 0.3) is 0 Å². The van der Waals surface area contributed by atoms with Gasteiger partial charge >= 0.3 is 5.97 Å². The molecule has 0 radical (unpaired) electrons. The van der Waals surface area contributed by atoms with Gasteiger partial charge in [0.05, 0.1) is 11.9 Å². The van der Waals surface area contributed by atoms with Crippen molar-refractivity contribution in [2.75, 3.05) is 5.75 Å². The Labute approximate surface area is 118 Å². The summed E-state index contributed by atoms with van der Waals surface area (Å²) in [7, 11) is 0. The predicted molar refractivity (Wildman–Crippen MR) is 71.8 cm³/mol. The summed E-state index contributed by atoms with van der Waals surface area (Å²) in [6, 6.07) is 1.31. The normalized spacial score (nSPS) is 10.7. The van der Waals surface area contributed by atoms with E-state index in [1.165, 1.54) is 6.07 Å². The third kappa shape index (κ3) is 3.70. The molecular formula is C12H13N3O4S. The van der Waals surface area contributed by atoms with Gasteiger partial charge in [-0.15, -0.1) is 0 Å². The molecule has 2 rings (SSSR count). The average Bonchev–Trinajstić information content (AvgIpc) is 2.86. The van der Waals surface area contributed by atoms with Gasteiger partial charge in [0.15, 0.2) is 5.16 Å². The molecular weight excluding hydrogens is 282 g/mol. The van der Waals surface area contributed by atoms with Crippen molar-refractivity contribution in [3.8, 4) is 0 Å². The minimum atomic E-state index is -0.968. The summed E-state index contributed by atoms with van der Waals surface area (Å²) in [5.74, 6) is 0.129. The number of oxazole rings is 1. The molecule has 8 heteroatoms. The van der Waals surface area contributed by atoms with Crippen molar-refractivity contribution < 1.29 is 14.3 Å². The minimum Gasteiger partial charge on any atom is -0.481 e. The molecule has 0 aromatic carbocycles. The molecule has 0 aliphatic heterocycles. The molecule has 1 N–H and O–H groups in total. The number of carbonyl (C=O) groups is 1. The molecule has 106 valence electrons. The molecule has 0 aliphatic carbocycles. The summed E-state index contributed by atoms with van der Waals surface area (Å²) < 4.78 is 7.12. The van der Waals surface area contributed by atoms with E-state index in [2.05, 4.69) is 9.97 Å². The second-order valence-corrected chi connectivity index (χ2v) is 4.88. The van der Waals surface area contributed by atoms with Gasteiger partial charge in [-0.2, -0.15) is 4.98 Å². The van der Waals surface area contributed by atoms with Crippen LogP contribution in [0.5, 0.6) is 0 Å². The first-order valence-electron chi connectivity index (χ1n) is 5.94. The summed E-state index contributed by atoms with van der Waals surface area (Å²) in [6.07, 6.45) is 3.95. The minimum absolute atomic E-state index is 0.164. The predicted octanol–water partition coefficient (Wildman–Crippen LogP) is 1.02. The highest BCUT2D eigenvalue weighted by molar-refractivity contribution is 7.99. The monoisotopic (exact) mass is 295 g/mol. The van der Waals surface area contributed by atoms with Crippen molar-refractivity contribution in [3.63, 3.8) is 0 Å². The van der Waals surface area contributed by atoms with Crippen LogP contribution in [0.15, 0.2) is 32.8 Å². The Morgan fingerprint density at radius 1 is 1.55 bits per heavy atom. The number of carboxylic acids is 1. The van der Waals surface area contributed by atoms with E-state index in [-0.39, 0.29) is 5.75 Å². The van der Waals surface area contributed by atoms with Gasteiger partial charge in [-0.25, -0.2) is 4.98 Å². The van der Waals surface area contributed by atoms with Gasteiger partial charge in [-0.3, -0.25) is 9.59 Å². The van der Waals surface area contributed by atoms with Crippen LogP contribution in [0.3, 0.4) is 0 Å². The summed E-state index contributed by atoms with van der Waals surface area (Å²) in [4.78, 5) is 29.8. The van der Waals surface area contributed by atoms with Crippen molar-refractivity contribution in [2.45, 2.75) is 25.0 Å². The van der Waals surface area contributed by atoms with Gasteiger partial charge in [0.1, 0.15) is 12.3 Å². The van der Waals surface area contributed by atoms with Crippen molar-refractivity contribution in [3.05, 3.63) is 40.5 Å². The van der Waals surface area contributed by atoms with E-state index in [0.717, 1.165) is 23.9 Å². The lowest BCUT2D eigenvalue weighted by molar-refractivity contribution is -0.133. The maximum atomic E-state index is 11.3. The van der Waals surface area contributed by atoms with E-state index in [4.69, 9.17) is 9.52 Å². The van der Waals surface area contributed by atoms with Gasteiger partial charge in [0, 0.05) is 18.7 Å². The first-order valence-corrected chi connectivity index (χ1v) is 6.92. The van der Waals surface area contributed by atoms with E-state index < -0.39 is 11.5 Å². The summed E-state index contributed by atoms with van der Waals surface area (Å²) in [5, 5.41) is 9.02. The van der Waals surface area contributed by atoms with Crippen molar-refractivity contribution in [2.24, 2.45) is 0 Å². The van der Waals surface area contributed by atoms with E-state index in [0.29, 0.717) is 17.6 Å². The number of aromatic nitrogens is 3. The highest BCUT2D eigenvalue weighted by Crippen LogP contribution is 2.15. The Bertz CT molecular complexity index is 665. The lowest BCUT2D eigenvalue weighted by atomic mass is 10.4. The first-order chi connectivity index (χ1) is 9.58. The van der Waals surface area contributed by atoms with Crippen LogP contribution >= 0.6 is 11.8 Å². The second kappa shape index (κ2) is 6.38. The topological polar surface area (TPSA) is 98.2 Å². The first kappa shape index (κ1) is 14.3. The van der Waals surface area contributed by atoms with Gasteiger partial charge in [-0.05, 0) is 0 Å². The van der Waals surface area contributed by atoms with Gasteiger partial charge in [-0.1, -0.05) is 18.7 Å². The van der Waals surface area contributed by atoms with Gasteiger partial charge in [0.2, 0.25) is 5.89 Å². The van der Waals surface area contributed by atoms with Crippen molar-refractivity contribution in [1.82, 2.24) is 14.5 Å². The van der Waals surface area contributed by atoms with E-state index >= 15 is 0 Å². The lowest BCUT2D eigenvalue weighted by Crippen LogP contribution is -2.15. The van der Waals surface area contributed by atoms with Crippen LogP contribution in [0, 0.1) is 0 Å². The summed E-state index contributed by atoms with van der Waals surface area (Å²) in [6.45, 7) is 2.26. The molecule has 0 fully saturated rings. The molecule has 0 bridgehead atoms. The van der Waals surface area contributed by atoms with Crippen LogP contribution in [-0.2, 0) is 17.8 Å². The SMILES string of the molecule is CCc1cnc(Cn2ccc(=O)nc2SCC(=O)O)o1. The maximum Gasteiger partial charge on any atom is 0.313 e. The summed E-state index contributed by atoms with van der Waals surface area (Å²) >= 11 is 0.984. The maximum absolute atomic E-state index is 11.3. The van der Waals surface area contributed by atoms with Crippen LogP contribution in [0.4, 0.5) is 0 Å². The van der Waals surface area contributed by atoms with E-state index in [1.54, 1.807) is 17.0 Å². The highest BCUT2D eigenvalue weighted by Gasteiger charge is 2.10. The number of hydrogen-bond acceptors (Lipinski definition) is 6. The van der Waals surface area contributed by atoms with Crippen molar-refractivity contribution >= 4 is 17.7 Å². The summed E-state index contributed by atoms with van der Waals surface area (Å²) in [5.41, 5.74) is -0.407. The van der Waals surface area contributed by atoms with Gasteiger partial charge < -0.3 is 14.1 Å². The third-order valence-electron chi connectivity index (χ3n) is 2.43. The third-order valence-corrected chi connectivity index (χ3v) is 3.40. The van der Waals surface area contributed by atoms with Crippen LogP contribution < -0.4 is 5.56 Å². The number of aryl methyl sites for hydroxylation is 1. The Morgan fingerprint density at radius 3 is 3.00 bits per heavy atom. The molecule has 2 heterocycles. The quantitative estimate of drug-likeness (QED) is 0.627. The molecule has 20 heavy (non-hydrogen) atoms. The standard InChI is InChI=1S/C12H13N3O4S/c1-2-8-5-13-10(19-8)6-15-4-3-9(16)14-12(15)20-7-11(17)18/h3-5H,2,6-7H2,1H3,(H,17,18).